The van der Waals surface area contributed by atoms with E-state index in [1.165, 1.54) is 42.5 Å². The van der Waals surface area contributed by atoms with E-state index in [1.54, 1.807) is 10.8 Å². The van der Waals surface area contributed by atoms with E-state index < -0.39 is 82.9 Å². The zero-order valence-electron chi connectivity index (χ0n) is 27.2. The molecule has 0 spiro atoms. The van der Waals surface area contributed by atoms with E-state index in [2.05, 4.69) is 0 Å². The summed E-state index contributed by atoms with van der Waals surface area (Å²) in [6.07, 6.45) is 0.345. The van der Waals surface area contributed by atoms with E-state index in [9.17, 15) is 47.7 Å². The van der Waals surface area contributed by atoms with Crippen LogP contribution in [0.15, 0.2) is 135 Å². The molecule has 0 aromatic heterocycles. The van der Waals surface area contributed by atoms with E-state index >= 15 is 0 Å². The Morgan fingerprint density at radius 3 is 1.37 bits per heavy atom. The van der Waals surface area contributed by atoms with Gasteiger partial charge in [0.15, 0.2) is 0 Å². The minimum Gasteiger partial charge on any atom is -0.268 e. The number of halogens is 3. The number of sulfonamides is 4. The van der Waals surface area contributed by atoms with Crippen LogP contribution in [0.5, 0.6) is 0 Å². The molecule has 284 valence electrons. The van der Waals surface area contributed by atoms with E-state index in [1.807, 2.05) is 35.1 Å². The first kappa shape index (κ1) is 42.0. The topological polar surface area (TPSA) is 247 Å². The zero-order valence-corrected chi connectivity index (χ0v) is 32.0. The highest BCUT2D eigenvalue weighted by Crippen LogP contribution is 2.24. The molecule has 21 heteroatoms. The predicted octanol–water partition coefficient (Wildman–Crippen LogP) is 3.94. The highest BCUT2D eigenvalue weighted by Gasteiger charge is 2.28. The van der Waals surface area contributed by atoms with Crippen LogP contribution in [0.4, 0.5) is 4.39 Å². The van der Waals surface area contributed by atoms with E-state index in [0.29, 0.717) is 17.0 Å². The number of primary sulfonamides is 2. The number of benzene rings is 5. The highest BCUT2D eigenvalue weighted by atomic mass is 35.5. The van der Waals surface area contributed by atoms with Gasteiger partial charge in [0, 0.05) is 15.6 Å². The number of amides is 2. The van der Waals surface area contributed by atoms with Gasteiger partial charge in [-0.1, -0.05) is 77.8 Å². The SMILES string of the molecule is NS(=O)(=O)c1ccccc1S(=O)(=O)NC(=O)c1ccc(Cl)cc1Cc1ccccc1.NS(=O)(=O)c1ccccc1S(=O)(=O)NC(=O)c1ccc(Cl)cc1F. The summed E-state index contributed by atoms with van der Waals surface area (Å²) in [6.45, 7) is 0. The number of hydrogen-bond acceptors (Lipinski definition) is 10. The van der Waals surface area contributed by atoms with Gasteiger partial charge in [-0.2, -0.15) is 0 Å². The second-order valence-electron chi connectivity index (χ2n) is 10.9. The van der Waals surface area contributed by atoms with Gasteiger partial charge in [0.1, 0.15) is 25.4 Å². The average molecular weight is 858 g/mol. The third-order valence-corrected chi connectivity index (χ3v) is 12.5. The summed E-state index contributed by atoms with van der Waals surface area (Å²) in [4.78, 5) is 22.1. The van der Waals surface area contributed by atoms with Gasteiger partial charge in [0.25, 0.3) is 31.9 Å². The van der Waals surface area contributed by atoms with Crippen molar-refractivity contribution in [2.75, 3.05) is 0 Å². The van der Waals surface area contributed by atoms with Crippen molar-refractivity contribution in [2.45, 2.75) is 26.0 Å². The van der Waals surface area contributed by atoms with Crippen molar-refractivity contribution >= 4 is 75.1 Å². The van der Waals surface area contributed by atoms with E-state index in [4.69, 9.17) is 33.5 Å². The summed E-state index contributed by atoms with van der Waals surface area (Å²) in [6, 6.07) is 26.0. The van der Waals surface area contributed by atoms with Crippen LogP contribution in [0.1, 0.15) is 31.8 Å². The largest absolute Gasteiger partial charge is 0.268 e. The molecule has 5 aromatic rings. The van der Waals surface area contributed by atoms with Gasteiger partial charge in [-0.3, -0.25) is 9.59 Å². The average Bonchev–Trinajstić information content (AvgIpc) is 3.08. The molecule has 0 saturated heterocycles. The van der Waals surface area contributed by atoms with E-state index in [-0.39, 0.29) is 10.6 Å². The Labute approximate surface area is 320 Å². The fourth-order valence-corrected chi connectivity index (χ4v) is 9.75. The lowest BCUT2D eigenvalue weighted by Crippen LogP contribution is -2.32. The second kappa shape index (κ2) is 16.7. The first-order chi connectivity index (χ1) is 25.1. The number of hydrogen-bond donors (Lipinski definition) is 4. The number of rotatable bonds is 10. The number of carbonyl (C=O) groups excluding carboxylic acids is 2. The molecule has 0 saturated carbocycles. The lowest BCUT2D eigenvalue weighted by Gasteiger charge is -2.13. The first-order valence-corrected chi connectivity index (χ1v) is 21.6. The number of nitrogens with two attached hydrogens (primary N) is 2. The molecule has 0 atom stereocenters. The van der Waals surface area contributed by atoms with Gasteiger partial charge >= 0.3 is 0 Å². The van der Waals surface area contributed by atoms with Crippen LogP contribution in [0, 0.1) is 5.82 Å². The third-order valence-electron chi connectivity index (χ3n) is 7.07. The molecule has 0 bridgehead atoms. The molecule has 54 heavy (non-hydrogen) atoms. The van der Waals surface area contributed by atoms with Crippen molar-refractivity contribution in [3.63, 3.8) is 0 Å². The maximum atomic E-state index is 13.7. The van der Waals surface area contributed by atoms with Gasteiger partial charge in [-0.15, -0.1) is 0 Å². The molecule has 0 fully saturated rings. The molecule has 0 unspecified atom stereocenters. The maximum absolute atomic E-state index is 13.7. The van der Waals surface area contributed by atoms with Crippen LogP contribution >= 0.6 is 23.2 Å². The van der Waals surface area contributed by atoms with Crippen molar-refractivity contribution in [3.8, 4) is 0 Å². The van der Waals surface area contributed by atoms with Gasteiger partial charge in [0.2, 0.25) is 20.0 Å². The summed E-state index contributed by atoms with van der Waals surface area (Å²) in [5, 5.41) is 10.5. The third kappa shape index (κ3) is 10.7. The lowest BCUT2D eigenvalue weighted by atomic mass is 9.99. The van der Waals surface area contributed by atoms with Crippen molar-refractivity contribution in [1.29, 1.82) is 0 Å². The van der Waals surface area contributed by atoms with Gasteiger partial charge in [0.05, 0.1) is 5.56 Å². The van der Waals surface area contributed by atoms with Gasteiger partial charge in [-0.25, -0.2) is 57.8 Å². The Bertz CT molecular complexity index is 2700. The Balaban J connectivity index is 0.000000247. The lowest BCUT2D eigenvalue weighted by molar-refractivity contribution is 0.0969. The summed E-state index contributed by atoms with van der Waals surface area (Å²) in [7, 11) is -17.8. The van der Waals surface area contributed by atoms with Crippen molar-refractivity contribution < 1.29 is 47.7 Å². The fraction of sp³-hybridized carbons (Fsp3) is 0.0303. The monoisotopic (exact) mass is 856 g/mol. The van der Waals surface area contributed by atoms with Crippen LogP contribution in [-0.2, 0) is 46.5 Å². The Morgan fingerprint density at radius 1 is 0.537 bits per heavy atom. The molecule has 2 amide bonds. The standard InChI is InChI=1S/C20H17ClN2O5S2.C13H10ClFN2O5S2/c21-16-10-11-17(15(13-16)12-14-6-2-1-3-7-14)20(24)23-30(27,28)19-9-5-4-8-18(19)29(22,25)26;14-8-5-6-9(10(15)7-8)13(18)17-24(21,22)12-4-2-1-3-11(12)23(16,19)20/h1-11,13H,12H2,(H,23,24)(H2,22,25,26);1-7H,(H,17,18)(H2,16,19,20). The van der Waals surface area contributed by atoms with Crippen LogP contribution in [-0.4, -0.2) is 45.5 Å². The van der Waals surface area contributed by atoms with Crippen molar-refractivity contribution in [2.24, 2.45) is 10.3 Å². The second-order valence-corrected chi connectivity index (χ2v) is 18.2. The molecule has 5 rings (SSSR count). The van der Waals surface area contributed by atoms with Gasteiger partial charge in [-0.05, 0) is 78.2 Å². The van der Waals surface area contributed by atoms with Crippen molar-refractivity contribution in [1.82, 2.24) is 9.44 Å². The molecular weight excluding hydrogens is 831 g/mol. The van der Waals surface area contributed by atoms with Crippen molar-refractivity contribution in [3.05, 3.63) is 153 Å². The van der Waals surface area contributed by atoms with Crippen LogP contribution < -0.4 is 19.7 Å². The Hall–Kier alpha value is -4.73. The van der Waals surface area contributed by atoms with Crippen LogP contribution in [0.25, 0.3) is 0 Å². The molecule has 0 aliphatic carbocycles. The van der Waals surface area contributed by atoms with Crippen LogP contribution in [0.2, 0.25) is 10.0 Å². The molecule has 5 aromatic carbocycles. The molecule has 14 nitrogen and oxygen atoms in total. The molecule has 0 aliphatic heterocycles. The molecule has 6 N–H and O–H groups in total. The number of nitrogens with one attached hydrogen (secondary N) is 2. The molecule has 0 radical (unpaired) electrons. The first-order valence-electron chi connectivity index (χ1n) is 14.8. The zero-order chi connectivity index (χ0) is 40.1. The van der Waals surface area contributed by atoms with E-state index in [0.717, 1.165) is 42.0 Å². The molecule has 0 aliphatic rings. The van der Waals surface area contributed by atoms with Crippen LogP contribution in [0.3, 0.4) is 0 Å². The maximum Gasteiger partial charge on any atom is 0.267 e. The predicted molar refractivity (Wildman–Crippen MR) is 197 cm³/mol. The van der Waals surface area contributed by atoms with Gasteiger partial charge < -0.3 is 0 Å². The quantitative estimate of drug-likeness (QED) is 0.158. The number of carbonyl (C=O) groups is 2. The minimum atomic E-state index is -4.61. The Kier molecular flexibility index (Phi) is 13.0. The fourth-order valence-electron chi connectivity index (χ4n) is 4.70. The highest BCUT2D eigenvalue weighted by molar-refractivity contribution is 7.93. The smallest absolute Gasteiger partial charge is 0.267 e. The summed E-state index contributed by atoms with van der Waals surface area (Å²) >= 11 is 11.6. The summed E-state index contributed by atoms with van der Waals surface area (Å²) in [5.74, 6) is -3.23. The minimum absolute atomic E-state index is 0.0199. The Morgan fingerprint density at radius 2 is 0.926 bits per heavy atom. The molecular formula is C33H27Cl2FN4O10S4. The summed E-state index contributed by atoms with van der Waals surface area (Å²) < 4.78 is 114. The normalized spacial score (nSPS) is 11.9. The summed E-state index contributed by atoms with van der Waals surface area (Å²) in [5.41, 5.74) is 0.938. The molecule has 0 heterocycles.